The molecule has 1 aromatic heterocycles. The topological polar surface area (TPSA) is 117 Å². The number of benzene rings is 3. The van der Waals surface area contributed by atoms with E-state index in [1.165, 1.54) is 10.9 Å². The summed E-state index contributed by atoms with van der Waals surface area (Å²) in [5.74, 6) is -0.344. The average molecular weight is 506 g/mol. The summed E-state index contributed by atoms with van der Waals surface area (Å²) in [6, 6.07) is 22.0. The quantitative estimate of drug-likeness (QED) is 0.391. The van der Waals surface area contributed by atoms with Gasteiger partial charge in [-0.25, -0.2) is 0 Å². The van der Waals surface area contributed by atoms with E-state index in [1.54, 1.807) is 84.8 Å². The van der Waals surface area contributed by atoms with Gasteiger partial charge in [0.15, 0.2) is 5.78 Å². The highest BCUT2D eigenvalue weighted by Gasteiger charge is 2.36. The predicted octanol–water partition coefficient (Wildman–Crippen LogP) is 4.30. The molecule has 1 aliphatic heterocycles. The van der Waals surface area contributed by atoms with Gasteiger partial charge in [-0.2, -0.15) is 10.4 Å². The summed E-state index contributed by atoms with van der Waals surface area (Å²) in [7, 11) is 1.56. The van der Waals surface area contributed by atoms with Crippen LogP contribution < -0.4 is 15.0 Å². The van der Waals surface area contributed by atoms with E-state index in [9.17, 15) is 14.4 Å². The molecule has 1 aliphatic rings. The van der Waals surface area contributed by atoms with Crippen LogP contribution in [-0.2, 0) is 6.54 Å². The summed E-state index contributed by atoms with van der Waals surface area (Å²) < 4.78 is 6.68. The lowest BCUT2D eigenvalue weighted by molar-refractivity contribution is 0.0933. The van der Waals surface area contributed by atoms with Gasteiger partial charge in [-0.15, -0.1) is 0 Å². The van der Waals surface area contributed by atoms with Gasteiger partial charge in [0.2, 0.25) is 0 Å². The first-order valence-electron chi connectivity index (χ1n) is 11.9. The number of nitrogens with zero attached hydrogens (tertiary/aromatic N) is 4. The van der Waals surface area contributed by atoms with Gasteiger partial charge in [-0.05, 0) is 73.7 Å². The van der Waals surface area contributed by atoms with Crippen LogP contribution in [0.5, 0.6) is 5.75 Å². The van der Waals surface area contributed by atoms with E-state index >= 15 is 0 Å². The lowest BCUT2D eigenvalue weighted by atomic mass is 10.0. The third-order valence-electron chi connectivity index (χ3n) is 6.39. The van der Waals surface area contributed by atoms with Crippen molar-refractivity contribution in [3.05, 3.63) is 107 Å². The first-order valence-corrected chi connectivity index (χ1v) is 11.9. The number of ether oxygens (including phenoxy) is 1. The van der Waals surface area contributed by atoms with Crippen molar-refractivity contribution < 1.29 is 19.1 Å². The van der Waals surface area contributed by atoms with Crippen molar-refractivity contribution in [2.45, 2.75) is 19.5 Å². The Hall–Kier alpha value is -5.23. The zero-order valence-corrected chi connectivity index (χ0v) is 20.7. The highest BCUT2D eigenvalue weighted by atomic mass is 16.5. The van der Waals surface area contributed by atoms with Crippen molar-refractivity contribution in [3.63, 3.8) is 0 Å². The number of methoxy groups -OCH3 is 1. The molecule has 3 aromatic carbocycles. The summed E-state index contributed by atoms with van der Waals surface area (Å²) >= 11 is 0. The van der Waals surface area contributed by atoms with Gasteiger partial charge in [-0.1, -0.05) is 6.07 Å². The Labute approximate surface area is 218 Å². The van der Waals surface area contributed by atoms with E-state index in [2.05, 4.69) is 10.4 Å². The third kappa shape index (κ3) is 4.51. The van der Waals surface area contributed by atoms with Crippen LogP contribution in [0.15, 0.2) is 79.0 Å². The summed E-state index contributed by atoms with van der Waals surface area (Å²) in [6.07, 6.45) is 1.38. The van der Waals surface area contributed by atoms with Crippen LogP contribution in [0.2, 0.25) is 0 Å². The van der Waals surface area contributed by atoms with Gasteiger partial charge in [0, 0.05) is 22.5 Å². The second-order valence-corrected chi connectivity index (χ2v) is 8.86. The number of hydrogen-bond acceptors (Lipinski definition) is 6. The van der Waals surface area contributed by atoms with Gasteiger partial charge in [0.05, 0.1) is 43.1 Å². The summed E-state index contributed by atoms with van der Waals surface area (Å²) in [5, 5.41) is 16.1. The number of hydrogen-bond donors (Lipinski definition) is 1. The minimum absolute atomic E-state index is 0.139. The molecule has 2 heterocycles. The Balaban J connectivity index is 1.38. The molecule has 9 nitrogen and oxygen atoms in total. The fraction of sp³-hybridized carbons (Fsp3) is 0.138. The summed E-state index contributed by atoms with van der Waals surface area (Å²) in [5.41, 5.74) is 2.79. The average Bonchev–Trinajstić information content (AvgIpc) is 3.37. The maximum Gasteiger partial charge on any atom is 0.277 e. The number of nitriles is 1. The smallest absolute Gasteiger partial charge is 0.277 e. The van der Waals surface area contributed by atoms with Crippen LogP contribution in [0.1, 0.15) is 49.3 Å². The van der Waals surface area contributed by atoms with Crippen LogP contribution >= 0.6 is 0 Å². The van der Waals surface area contributed by atoms with Crippen molar-refractivity contribution in [2.75, 3.05) is 17.3 Å². The van der Waals surface area contributed by atoms with Crippen molar-refractivity contribution in [1.29, 1.82) is 5.26 Å². The predicted molar refractivity (Wildman–Crippen MR) is 140 cm³/mol. The Morgan fingerprint density at radius 1 is 1.05 bits per heavy atom. The Morgan fingerprint density at radius 2 is 1.74 bits per heavy atom. The van der Waals surface area contributed by atoms with Crippen LogP contribution in [0.25, 0.3) is 0 Å². The molecule has 1 unspecified atom stereocenters. The molecule has 188 valence electrons. The summed E-state index contributed by atoms with van der Waals surface area (Å²) in [4.78, 5) is 41.2. The van der Waals surface area contributed by atoms with Gasteiger partial charge in [-0.3, -0.25) is 19.1 Å². The fourth-order valence-electron chi connectivity index (χ4n) is 4.48. The van der Waals surface area contributed by atoms with Crippen molar-refractivity contribution >= 4 is 29.0 Å². The minimum atomic E-state index is -0.496. The van der Waals surface area contributed by atoms with E-state index in [1.807, 2.05) is 13.0 Å². The highest BCUT2D eigenvalue weighted by Crippen LogP contribution is 2.28. The van der Waals surface area contributed by atoms with Gasteiger partial charge < -0.3 is 15.0 Å². The second kappa shape index (κ2) is 10.0. The molecule has 2 amide bonds. The molecule has 0 saturated heterocycles. The van der Waals surface area contributed by atoms with E-state index < -0.39 is 5.91 Å². The molecule has 9 heteroatoms. The normalized spacial score (nSPS) is 14.4. The Kier molecular flexibility index (Phi) is 6.46. The molecule has 0 fully saturated rings. The van der Waals surface area contributed by atoms with E-state index in [-0.39, 0.29) is 29.0 Å². The molecular formula is C29H23N5O4. The van der Waals surface area contributed by atoms with Crippen LogP contribution in [0, 0.1) is 11.3 Å². The largest absolute Gasteiger partial charge is 0.497 e. The first-order chi connectivity index (χ1) is 18.4. The maximum atomic E-state index is 13.6. The number of carbonyl (C=O) groups is 3. The van der Waals surface area contributed by atoms with E-state index in [4.69, 9.17) is 10.00 Å². The molecule has 1 N–H and O–H groups in total. The Bertz CT molecular complexity index is 1580. The number of amides is 2. The number of rotatable bonds is 6. The van der Waals surface area contributed by atoms with E-state index in [0.29, 0.717) is 40.4 Å². The van der Waals surface area contributed by atoms with Crippen molar-refractivity contribution in [2.24, 2.45) is 0 Å². The van der Waals surface area contributed by atoms with Gasteiger partial charge in [0.25, 0.3) is 11.8 Å². The lowest BCUT2D eigenvalue weighted by Gasteiger charge is -2.34. The van der Waals surface area contributed by atoms with Gasteiger partial charge in [0.1, 0.15) is 11.4 Å². The number of aromatic nitrogens is 2. The Morgan fingerprint density at radius 3 is 2.39 bits per heavy atom. The monoisotopic (exact) mass is 505 g/mol. The molecule has 5 rings (SSSR count). The molecular weight excluding hydrogens is 482 g/mol. The molecule has 38 heavy (non-hydrogen) atoms. The number of anilines is 2. The van der Waals surface area contributed by atoms with Crippen molar-refractivity contribution in [1.82, 2.24) is 9.78 Å². The van der Waals surface area contributed by atoms with E-state index in [0.717, 1.165) is 0 Å². The lowest BCUT2D eigenvalue weighted by Crippen LogP contribution is -2.47. The molecule has 0 spiro atoms. The molecule has 4 aromatic rings. The number of fused-ring (bicyclic) bond motifs is 1. The maximum absolute atomic E-state index is 13.6. The minimum Gasteiger partial charge on any atom is -0.497 e. The van der Waals surface area contributed by atoms with Crippen molar-refractivity contribution in [3.8, 4) is 11.8 Å². The zero-order chi connectivity index (χ0) is 26.8. The second-order valence-electron chi connectivity index (χ2n) is 8.86. The number of nitrogens with one attached hydrogen (secondary N) is 1. The van der Waals surface area contributed by atoms with Crippen LogP contribution in [0.3, 0.4) is 0 Å². The first kappa shape index (κ1) is 24.5. The fourth-order valence-corrected chi connectivity index (χ4v) is 4.48. The number of ketones is 1. The summed E-state index contributed by atoms with van der Waals surface area (Å²) in [6.45, 7) is 2.29. The van der Waals surface area contributed by atoms with Crippen LogP contribution in [-0.4, -0.2) is 40.5 Å². The van der Waals surface area contributed by atoms with Gasteiger partial charge >= 0.3 is 0 Å². The molecule has 0 radical (unpaired) electrons. The number of carbonyl (C=O) groups excluding carboxylic acids is 3. The zero-order valence-electron chi connectivity index (χ0n) is 20.7. The highest BCUT2D eigenvalue weighted by molar-refractivity contribution is 6.16. The standard InChI is InChI=1S/C29H23N5O4/c1-18-17-33-26(25(16-31-33)28(36)32-22-5-3-4-19(14-22)15-30)29(37)34(18)23-10-6-20(7-11-23)27(35)21-8-12-24(38-2)13-9-21/h3-14,16,18H,17H2,1-2H3,(H,32,36). The molecule has 1 atom stereocenters. The molecule has 0 bridgehead atoms. The SMILES string of the molecule is COc1ccc(C(=O)c2ccc(N3C(=O)c4c(C(=O)Nc5cccc(C#N)c5)cnn4CC3C)cc2)cc1. The van der Waals surface area contributed by atoms with Crippen LogP contribution in [0.4, 0.5) is 11.4 Å². The molecule has 0 aliphatic carbocycles. The molecule has 0 saturated carbocycles. The third-order valence-corrected chi connectivity index (χ3v) is 6.39.